The predicted molar refractivity (Wildman–Crippen MR) is 123 cm³/mol. The second kappa shape index (κ2) is 10.7. The first kappa shape index (κ1) is 23.9. The Morgan fingerprint density at radius 1 is 0.727 bits per heavy atom. The Hall–Kier alpha value is -3.80. The van der Waals surface area contributed by atoms with Crippen molar-refractivity contribution in [2.24, 2.45) is 5.41 Å². The lowest BCUT2D eigenvalue weighted by molar-refractivity contribution is -0.168. The van der Waals surface area contributed by atoms with E-state index in [0.717, 1.165) is 0 Å². The van der Waals surface area contributed by atoms with Crippen molar-refractivity contribution >= 4 is 23.5 Å². The molecule has 0 aliphatic heterocycles. The normalized spacial score (nSPS) is 15.4. The molecule has 2 aromatic carbocycles. The second-order valence-corrected chi connectivity index (χ2v) is 7.88. The van der Waals surface area contributed by atoms with E-state index in [1.54, 1.807) is 60.7 Å². The lowest BCUT2D eigenvalue weighted by atomic mass is 10.0. The molecular formula is C27H26O6. The van der Waals surface area contributed by atoms with Crippen molar-refractivity contribution in [2.75, 3.05) is 0 Å². The minimum atomic E-state index is -1.51. The van der Waals surface area contributed by atoms with Gasteiger partial charge in [-0.15, -0.1) is 13.2 Å². The van der Waals surface area contributed by atoms with Gasteiger partial charge in [0.05, 0.1) is 0 Å². The average Bonchev–Trinajstić information content (AvgIpc) is 3.66. The first-order valence-electron chi connectivity index (χ1n) is 10.8. The van der Waals surface area contributed by atoms with Gasteiger partial charge < -0.3 is 9.47 Å². The van der Waals surface area contributed by atoms with Crippen LogP contribution in [0.1, 0.15) is 46.4 Å². The first-order valence-corrected chi connectivity index (χ1v) is 10.8. The van der Waals surface area contributed by atoms with Crippen molar-refractivity contribution in [1.82, 2.24) is 0 Å². The van der Waals surface area contributed by atoms with Crippen molar-refractivity contribution in [3.8, 4) is 0 Å². The van der Waals surface area contributed by atoms with Crippen LogP contribution in [0.15, 0.2) is 86.0 Å². The highest BCUT2D eigenvalue weighted by molar-refractivity contribution is 6.07. The smallest absolute Gasteiger partial charge is 0.324 e. The molecule has 0 amide bonds. The maximum atomic E-state index is 13.0. The van der Waals surface area contributed by atoms with E-state index in [1.165, 1.54) is 12.2 Å². The molecule has 1 fully saturated rings. The molecule has 0 heterocycles. The summed E-state index contributed by atoms with van der Waals surface area (Å²) in [4.78, 5) is 51.5. The van der Waals surface area contributed by atoms with Gasteiger partial charge in [-0.05, 0) is 12.8 Å². The Balaban J connectivity index is 1.72. The maximum absolute atomic E-state index is 13.0. The highest BCUT2D eigenvalue weighted by Crippen LogP contribution is 2.48. The molecule has 2 aromatic rings. The number of carbonyl (C=O) groups is 4. The van der Waals surface area contributed by atoms with Crippen LogP contribution in [0, 0.1) is 5.41 Å². The van der Waals surface area contributed by atoms with E-state index < -0.39 is 29.6 Å². The van der Waals surface area contributed by atoms with E-state index in [4.69, 9.17) is 9.47 Å². The molecule has 0 N–H and O–H groups in total. The lowest BCUT2D eigenvalue weighted by Gasteiger charge is -2.22. The Morgan fingerprint density at radius 2 is 1.09 bits per heavy atom. The third-order valence-electron chi connectivity index (χ3n) is 5.49. The van der Waals surface area contributed by atoms with Crippen LogP contribution in [0.5, 0.6) is 0 Å². The minimum absolute atomic E-state index is 0.107. The first-order chi connectivity index (χ1) is 15.9. The van der Waals surface area contributed by atoms with Crippen molar-refractivity contribution < 1.29 is 28.7 Å². The summed E-state index contributed by atoms with van der Waals surface area (Å²) in [7, 11) is 0. The third-order valence-corrected chi connectivity index (χ3v) is 5.49. The van der Waals surface area contributed by atoms with Gasteiger partial charge in [0.1, 0.15) is 0 Å². The molecule has 3 rings (SSSR count). The summed E-state index contributed by atoms with van der Waals surface area (Å²) < 4.78 is 11.0. The molecule has 0 saturated heterocycles. The van der Waals surface area contributed by atoms with Crippen LogP contribution in [-0.4, -0.2) is 35.7 Å². The second-order valence-electron chi connectivity index (χ2n) is 7.88. The highest BCUT2D eigenvalue weighted by atomic mass is 16.6. The maximum Gasteiger partial charge on any atom is 0.324 e. The molecule has 1 aliphatic carbocycles. The monoisotopic (exact) mass is 446 g/mol. The molecule has 0 radical (unpaired) electrons. The number of rotatable bonds is 12. The topological polar surface area (TPSA) is 86.7 Å². The van der Waals surface area contributed by atoms with Crippen molar-refractivity contribution in [2.45, 2.75) is 37.9 Å². The average molecular weight is 446 g/mol. The SMILES string of the molecule is C=CCC(OC(=O)C1(C(=O)OC(CC=C)C(=O)c2ccccc2)CC1)C(=O)c1ccccc1. The fourth-order valence-electron chi connectivity index (χ4n) is 3.40. The molecule has 0 spiro atoms. The molecule has 170 valence electrons. The number of hydrogen-bond donors (Lipinski definition) is 0. The summed E-state index contributed by atoms with van der Waals surface area (Å²) in [6.45, 7) is 7.25. The number of carbonyl (C=O) groups excluding carboxylic acids is 4. The summed E-state index contributed by atoms with van der Waals surface area (Å²) >= 11 is 0. The fourth-order valence-corrected chi connectivity index (χ4v) is 3.40. The Bertz CT molecular complexity index is 955. The van der Waals surface area contributed by atoms with Gasteiger partial charge in [0.25, 0.3) is 0 Å². The summed E-state index contributed by atoms with van der Waals surface area (Å²) in [6.07, 6.45) is 1.43. The largest absolute Gasteiger partial charge is 0.453 e. The molecule has 33 heavy (non-hydrogen) atoms. The van der Waals surface area contributed by atoms with Crippen LogP contribution in [0.3, 0.4) is 0 Å². The zero-order valence-corrected chi connectivity index (χ0v) is 18.3. The van der Waals surface area contributed by atoms with E-state index in [0.29, 0.717) is 11.1 Å². The van der Waals surface area contributed by atoms with Gasteiger partial charge in [-0.3, -0.25) is 19.2 Å². The molecule has 6 nitrogen and oxygen atoms in total. The van der Waals surface area contributed by atoms with E-state index in [2.05, 4.69) is 13.2 Å². The highest BCUT2D eigenvalue weighted by Gasteiger charge is 2.60. The van der Waals surface area contributed by atoms with Crippen LogP contribution in [-0.2, 0) is 19.1 Å². The molecule has 6 heteroatoms. The summed E-state index contributed by atoms with van der Waals surface area (Å²) in [6, 6.07) is 16.9. The van der Waals surface area contributed by atoms with Gasteiger partial charge in [-0.25, -0.2) is 0 Å². The standard InChI is InChI=1S/C27H26O6/c1-3-11-21(23(28)19-13-7-5-8-14-19)32-25(30)27(17-18-27)26(31)33-22(12-4-2)24(29)20-15-9-6-10-16-20/h3-10,13-16,21-22H,1-2,11-12,17-18H2. The van der Waals surface area contributed by atoms with Gasteiger partial charge in [0.15, 0.2) is 17.6 Å². The zero-order valence-electron chi connectivity index (χ0n) is 18.3. The van der Waals surface area contributed by atoms with Gasteiger partial charge in [-0.1, -0.05) is 72.8 Å². The molecule has 1 saturated carbocycles. The molecule has 0 bridgehead atoms. The number of esters is 2. The predicted octanol–water partition coefficient (Wildman–Crippen LogP) is 4.51. The number of Topliss-reactive ketones (excluding diaryl/α,β-unsaturated/α-hetero) is 2. The Labute approximate surface area is 192 Å². The third kappa shape index (κ3) is 5.52. The summed E-state index contributed by atoms with van der Waals surface area (Å²) in [5, 5.41) is 0. The quantitative estimate of drug-likeness (QED) is 0.206. The van der Waals surface area contributed by atoms with Gasteiger partial charge in [0.2, 0.25) is 11.6 Å². The summed E-state index contributed by atoms with van der Waals surface area (Å²) in [5.74, 6) is -2.41. The van der Waals surface area contributed by atoms with Gasteiger partial charge >= 0.3 is 11.9 Å². The summed E-state index contributed by atoms with van der Waals surface area (Å²) in [5.41, 5.74) is -0.722. The van der Waals surface area contributed by atoms with E-state index in [-0.39, 0.29) is 37.2 Å². The lowest BCUT2D eigenvalue weighted by Crippen LogP contribution is -2.38. The fraction of sp³-hybridized carbons (Fsp3) is 0.259. The van der Waals surface area contributed by atoms with Crippen LogP contribution in [0.25, 0.3) is 0 Å². The van der Waals surface area contributed by atoms with Crippen LogP contribution < -0.4 is 0 Å². The van der Waals surface area contributed by atoms with E-state index >= 15 is 0 Å². The van der Waals surface area contributed by atoms with Crippen LogP contribution in [0.2, 0.25) is 0 Å². The van der Waals surface area contributed by atoms with E-state index in [1.807, 2.05) is 0 Å². The van der Waals surface area contributed by atoms with Crippen molar-refractivity contribution in [3.63, 3.8) is 0 Å². The molecule has 1 aliphatic rings. The Morgan fingerprint density at radius 3 is 1.39 bits per heavy atom. The van der Waals surface area contributed by atoms with Crippen molar-refractivity contribution in [3.05, 3.63) is 97.1 Å². The zero-order chi connectivity index (χ0) is 23.8. The van der Waals surface area contributed by atoms with Gasteiger partial charge in [0, 0.05) is 24.0 Å². The van der Waals surface area contributed by atoms with Crippen LogP contribution >= 0.6 is 0 Å². The van der Waals surface area contributed by atoms with Crippen molar-refractivity contribution in [1.29, 1.82) is 0 Å². The molecular weight excluding hydrogens is 420 g/mol. The minimum Gasteiger partial charge on any atom is -0.453 e. The van der Waals surface area contributed by atoms with Gasteiger partial charge in [-0.2, -0.15) is 0 Å². The van der Waals surface area contributed by atoms with Crippen LogP contribution in [0.4, 0.5) is 0 Å². The number of ether oxygens (including phenoxy) is 2. The number of benzene rings is 2. The van der Waals surface area contributed by atoms with E-state index in [9.17, 15) is 19.2 Å². The Kier molecular flexibility index (Phi) is 7.72. The molecule has 0 aromatic heterocycles. The number of hydrogen-bond acceptors (Lipinski definition) is 6. The molecule has 2 atom stereocenters. The number of ketones is 2. The molecule has 2 unspecified atom stereocenters.